The van der Waals surface area contributed by atoms with Gasteiger partial charge in [0.15, 0.2) is 0 Å². The van der Waals surface area contributed by atoms with E-state index in [4.69, 9.17) is 16.3 Å². The van der Waals surface area contributed by atoms with Crippen LogP contribution < -0.4 is 5.32 Å². The fraction of sp³-hybridized carbons (Fsp3) is 0.154. The maximum Gasteiger partial charge on any atom is 0.367 e. The van der Waals surface area contributed by atoms with Crippen LogP contribution in [0, 0.1) is 0 Å². The van der Waals surface area contributed by atoms with Gasteiger partial charge in [0, 0.05) is 14.9 Å². The van der Waals surface area contributed by atoms with E-state index in [1.165, 1.54) is 5.38 Å². The van der Waals surface area contributed by atoms with Crippen molar-refractivity contribution in [3.63, 3.8) is 0 Å². The molecule has 0 spiro atoms. The molecule has 110 valence electrons. The second kappa shape index (κ2) is 7.02. The van der Waals surface area contributed by atoms with Crippen molar-refractivity contribution in [2.24, 2.45) is 0 Å². The van der Waals surface area contributed by atoms with E-state index in [0.29, 0.717) is 15.2 Å². The zero-order chi connectivity index (χ0) is 15.4. The van der Waals surface area contributed by atoms with Crippen molar-refractivity contribution in [3.8, 4) is 0 Å². The van der Waals surface area contributed by atoms with E-state index in [1.807, 2.05) is 0 Å². The summed E-state index contributed by atoms with van der Waals surface area (Å²) in [6.07, 6.45) is 0. The molecule has 0 aliphatic heterocycles. The second-order valence-electron chi connectivity index (χ2n) is 3.84. The predicted molar refractivity (Wildman–Crippen MR) is 85.2 cm³/mol. The molecular weight excluding hydrogens is 380 g/mol. The van der Waals surface area contributed by atoms with Crippen LogP contribution in [0.2, 0.25) is 5.02 Å². The molecule has 0 saturated carbocycles. The molecule has 1 heterocycles. The number of aromatic nitrogens is 1. The van der Waals surface area contributed by atoms with Gasteiger partial charge in [-0.25, -0.2) is 9.78 Å². The van der Waals surface area contributed by atoms with Gasteiger partial charge >= 0.3 is 5.97 Å². The van der Waals surface area contributed by atoms with E-state index in [1.54, 1.807) is 25.1 Å². The lowest BCUT2D eigenvalue weighted by atomic mass is 10.3. The number of hydrogen-bond donors (Lipinski definition) is 1. The van der Waals surface area contributed by atoms with Crippen LogP contribution in [0.3, 0.4) is 0 Å². The highest BCUT2D eigenvalue weighted by Crippen LogP contribution is 2.26. The molecule has 21 heavy (non-hydrogen) atoms. The maximum absolute atomic E-state index is 12.1. The highest BCUT2D eigenvalue weighted by Gasteiger charge is 2.17. The van der Waals surface area contributed by atoms with Gasteiger partial charge in [0.05, 0.1) is 12.3 Å². The van der Waals surface area contributed by atoms with Crippen LogP contribution in [-0.4, -0.2) is 23.5 Å². The number of esters is 1. The van der Waals surface area contributed by atoms with Crippen molar-refractivity contribution in [2.45, 2.75) is 6.92 Å². The van der Waals surface area contributed by atoms with Crippen molar-refractivity contribution in [1.82, 2.24) is 4.98 Å². The van der Waals surface area contributed by atoms with Crippen molar-refractivity contribution >= 4 is 56.4 Å². The van der Waals surface area contributed by atoms with Crippen LogP contribution in [0.4, 0.5) is 5.69 Å². The summed E-state index contributed by atoms with van der Waals surface area (Å²) in [6.45, 7) is 1.96. The molecule has 0 aliphatic carbocycles. The van der Waals surface area contributed by atoms with Gasteiger partial charge in [-0.15, -0.1) is 11.3 Å². The molecule has 0 aliphatic rings. The first-order chi connectivity index (χ1) is 10.0. The van der Waals surface area contributed by atoms with Gasteiger partial charge in [0.2, 0.25) is 5.01 Å². The Balaban J connectivity index is 2.14. The van der Waals surface area contributed by atoms with Crippen LogP contribution in [-0.2, 0) is 4.74 Å². The molecule has 1 N–H and O–H groups in total. The number of halogens is 2. The number of ether oxygens (including phenoxy) is 1. The largest absolute Gasteiger partial charge is 0.461 e. The van der Waals surface area contributed by atoms with Gasteiger partial charge in [0.1, 0.15) is 5.69 Å². The first-order valence-electron chi connectivity index (χ1n) is 5.90. The second-order valence-corrected chi connectivity index (χ2v) is 5.99. The van der Waals surface area contributed by atoms with Crippen LogP contribution in [0.1, 0.15) is 27.2 Å². The minimum atomic E-state index is -0.537. The molecule has 0 bridgehead atoms. The van der Waals surface area contributed by atoms with Crippen LogP contribution in [0.5, 0.6) is 0 Å². The molecule has 8 heteroatoms. The molecule has 1 amide bonds. The van der Waals surface area contributed by atoms with E-state index >= 15 is 0 Å². The number of benzene rings is 1. The van der Waals surface area contributed by atoms with E-state index < -0.39 is 11.9 Å². The minimum absolute atomic E-state index is 0.146. The number of carbonyl (C=O) groups is 2. The Labute approximate surface area is 138 Å². The average Bonchev–Trinajstić information content (AvgIpc) is 2.93. The summed E-state index contributed by atoms with van der Waals surface area (Å²) >= 11 is 10.3. The van der Waals surface area contributed by atoms with Crippen LogP contribution in [0.15, 0.2) is 28.1 Å². The van der Waals surface area contributed by atoms with Crippen molar-refractivity contribution in [2.75, 3.05) is 11.9 Å². The minimum Gasteiger partial charge on any atom is -0.461 e. The molecular formula is C13H10BrClN2O3S. The first-order valence-corrected chi connectivity index (χ1v) is 7.95. The number of nitrogens with one attached hydrogen (secondary N) is 1. The molecule has 2 aromatic rings. The van der Waals surface area contributed by atoms with E-state index in [2.05, 4.69) is 26.2 Å². The average molecular weight is 390 g/mol. The van der Waals surface area contributed by atoms with Gasteiger partial charge in [-0.1, -0.05) is 11.6 Å². The van der Waals surface area contributed by atoms with Crippen molar-refractivity contribution in [3.05, 3.63) is 43.8 Å². The Morgan fingerprint density at radius 2 is 2.24 bits per heavy atom. The smallest absolute Gasteiger partial charge is 0.367 e. The number of hydrogen-bond acceptors (Lipinski definition) is 5. The summed E-state index contributed by atoms with van der Waals surface area (Å²) in [6, 6.07) is 5.04. The van der Waals surface area contributed by atoms with Crippen molar-refractivity contribution < 1.29 is 14.3 Å². The molecule has 5 nitrogen and oxygen atoms in total. The third-order valence-corrected chi connectivity index (χ3v) is 4.11. The molecule has 0 radical (unpaired) electrons. The summed E-state index contributed by atoms with van der Waals surface area (Å²) < 4.78 is 5.52. The van der Waals surface area contributed by atoms with Crippen LogP contribution in [0.25, 0.3) is 0 Å². The zero-order valence-electron chi connectivity index (χ0n) is 10.9. The third kappa shape index (κ3) is 4.03. The first kappa shape index (κ1) is 15.9. The fourth-order valence-corrected chi connectivity index (χ4v) is 2.65. The lowest BCUT2D eigenvalue weighted by Gasteiger charge is -2.06. The molecule has 0 atom stereocenters. The SMILES string of the molecule is CCOC(=O)c1nc(C(=O)Nc2cc(Cl)ccc2Br)cs1. The summed E-state index contributed by atoms with van der Waals surface area (Å²) in [5.74, 6) is -0.963. The van der Waals surface area contributed by atoms with E-state index in [-0.39, 0.29) is 17.3 Å². The molecule has 2 rings (SSSR count). The van der Waals surface area contributed by atoms with Crippen molar-refractivity contribution in [1.29, 1.82) is 0 Å². The summed E-state index contributed by atoms with van der Waals surface area (Å²) in [5.41, 5.74) is 0.674. The quantitative estimate of drug-likeness (QED) is 0.803. The van der Waals surface area contributed by atoms with E-state index in [0.717, 1.165) is 11.3 Å². The Bertz CT molecular complexity index is 690. The van der Waals surface area contributed by atoms with Gasteiger partial charge < -0.3 is 10.1 Å². The lowest BCUT2D eigenvalue weighted by Crippen LogP contribution is -2.13. The summed E-state index contributed by atoms with van der Waals surface area (Å²) in [7, 11) is 0. The number of carbonyl (C=O) groups excluding carboxylic acids is 2. The Morgan fingerprint density at radius 1 is 1.48 bits per heavy atom. The molecule has 0 saturated heterocycles. The maximum atomic E-state index is 12.1. The number of thiazole rings is 1. The number of nitrogens with zero attached hydrogens (tertiary/aromatic N) is 1. The molecule has 1 aromatic heterocycles. The lowest BCUT2D eigenvalue weighted by molar-refractivity contribution is 0.0526. The standard InChI is InChI=1S/C13H10BrClN2O3S/c1-2-20-13(19)12-17-10(6-21-12)11(18)16-9-5-7(15)3-4-8(9)14/h3-6H,2H2,1H3,(H,16,18). The summed E-state index contributed by atoms with van der Waals surface area (Å²) in [5, 5.41) is 4.82. The Morgan fingerprint density at radius 3 is 2.95 bits per heavy atom. The summed E-state index contributed by atoms with van der Waals surface area (Å²) in [4.78, 5) is 27.6. The number of rotatable bonds is 4. The Hall–Kier alpha value is -1.44. The predicted octanol–water partition coefficient (Wildman–Crippen LogP) is 3.99. The number of amides is 1. The van der Waals surface area contributed by atoms with Crippen LogP contribution >= 0.6 is 38.9 Å². The highest BCUT2D eigenvalue weighted by atomic mass is 79.9. The zero-order valence-corrected chi connectivity index (χ0v) is 14.0. The van der Waals surface area contributed by atoms with Gasteiger partial charge in [-0.2, -0.15) is 0 Å². The highest BCUT2D eigenvalue weighted by molar-refractivity contribution is 9.10. The monoisotopic (exact) mass is 388 g/mol. The normalized spacial score (nSPS) is 10.2. The van der Waals surface area contributed by atoms with Gasteiger partial charge in [0.25, 0.3) is 5.91 Å². The van der Waals surface area contributed by atoms with Gasteiger partial charge in [-0.3, -0.25) is 4.79 Å². The fourth-order valence-electron chi connectivity index (χ4n) is 1.44. The topological polar surface area (TPSA) is 68.3 Å². The molecule has 0 unspecified atom stereocenters. The number of anilines is 1. The third-order valence-electron chi connectivity index (χ3n) is 2.36. The molecule has 0 fully saturated rings. The Kier molecular flexibility index (Phi) is 5.33. The van der Waals surface area contributed by atoms with Gasteiger partial charge in [-0.05, 0) is 41.1 Å². The molecule has 1 aromatic carbocycles. The van der Waals surface area contributed by atoms with E-state index in [9.17, 15) is 9.59 Å².